The highest BCUT2D eigenvalue weighted by Gasteiger charge is 2.52. The van der Waals surface area contributed by atoms with E-state index in [0.29, 0.717) is 25.9 Å². The van der Waals surface area contributed by atoms with Crippen molar-refractivity contribution in [3.8, 4) is 0 Å². The summed E-state index contributed by atoms with van der Waals surface area (Å²) in [5, 5.41) is 3.51. The number of pyridine rings is 1. The fourth-order valence-electron chi connectivity index (χ4n) is 6.77. The molecule has 0 aromatic carbocycles. The van der Waals surface area contributed by atoms with Gasteiger partial charge >= 0.3 is 0 Å². The van der Waals surface area contributed by atoms with E-state index in [2.05, 4.69) is 10.3 Å². The number of amides is 2. The predicted octanol–water partition coefficient (Wildman–Crippen LogP) is 2.95. The highest BCUT2D eigenvalue weighted by Crippen LogP contribution is 2.55. The molecule has 5 heteroatoms. The molecule has 1 atom stereocenters. The van der Waals surface area contributed by atoms with Crippen LogP contribution in [-0.2, 0) is 16.0 Å². The Morgan fingerprint density at radius 2 is 1.86 bits per heavy atom. The van der Waals surface area contributed by atoms with Crippen molar-refractivity contribution in [2.45, 2.75) is 63.3 Å². The highest BCUT2D eigenvalue weighted by atomic mass is 16.2. The lowest BCUT2D eigenvalue weighted by Crippen LogP contribution is -2.61. The summed E-state index contributed by atoms with van der Waals surface area (Å²) in [6.07, 6.45) is 11.4. The first-order valence-electron chi connectivity index (χ1n) is 11.1. The Morgan fingerprint density at radius 1 is 1.14 bits per heavy atom. The molecule has 5 aliphatic rings. The quantitative estimate of drug-likeness (QED) is 0.853. The molecule has 0 radical (unpaired) electrons. The monoisotopic (exact) mass is 381 g/mol. The van der Waals surface area contributed by atoms with Crippen LogP contribution in [0.4, 0.5) is 0 Å². The number of nitrogens with one attached hydrogen (secondary N) is 1. The Balaban J connectivity index is 1.20. The van der Waals surface area contributed by atoms with Crippen molar-refractivity contribution in [2.75, 3.05) is 13.1 Å². The van der Waals surface area contributed by atoms with E-state index >= 15 is 0 Å². The average Bonchev–Trinajstić information content (AvgIpc) is 2.66. The minimum absolute atomic E-state index is 0.0607. The normalized spacial score (nSPS) is 36.6. The van der Waals surface area contributed by atoms with Crippen LogP contribution in [-0.4, -0.2) is 40.3 Å². The number of piperidine rings is 1. The molecular weight excluding hydrogens is 350 g/mol. The summed E-state index contributed by atoms with van der Waals surface area (Å²) in [7, 11) is 0. The van der Waals surface area contributed by atoms with E-state index in [1.165, 1.54) is 38.5 Å². The fraction of sp³-hybridized carbons (Fsp3) is 0.696. The average molecular weight is 382 g/mol. The van der Waals surface area contributed by atoms with Crippen LogP contribution in [0, 0.1) is 23.7 Å². The molecule has 1 N–H and O–H groups in total. The van der Waals surface area contributed by atoms with Gasteiger partial charge in [-0.3, -0.25) is 14.6 Å². The highest BCUT2D eigenvalue weighted by molar-refractivity contribution is 5.84. The van der Waals surface area contributed by atoms with E-state index in [1.807, 2.05) is 23.1 Å². The van der Waals surface area contributed by atoms with Gasteiger partial charge in [-0.05, 0) is 74.8 Å². The lowest BCUT2D eigenvalue weighted by molar-refractivity contribution is -0.140. The summed E-state index contributed by atoms with van der Waals surface area (Å²) >= 11 is 0. The first kappa shape index (κ1) is 18.1. The maximum Gasteiger partial charge on any atom is 0.225 e. The molecular formula is C23H31N3O2. The van der Waals surface area contributed by atoms with Crippen LogP contribution in [0.15, 0.2) is 24.4 Å². The molecule has 4 saturated carbocycles. The van der Waals surface area contributed by atoms with Crippen LogP contribution in [0.25, 0.3) is 0 Å². The summed E-state index contributed by atoms with van der Waals surface area (Å²) in [4.78, 5) is 31.7. The minimum Gasteiger partial charge on any atom is -0.350 e. The second-order valence-electron chi connectivity index (χ2n) is 9.83. The Morgan fingerprint density at radius 3 is 2.50 bits per heavy atom. The lowest BCUT2D eigenvalue weighted by atomic mass is 9.53. The van der Waals surface area contributed by atoms with Gasteiger partial charge in [0.15, 0.2) is 0 Å². The molecule has 1 aromatic rings. The van der Waals surface area contributed by atoms with Crippen molar-refractivity contribution in [3.63, 3.8) is 0 Å². The van der Waals surface area contributed by atoms with E-state index in [1.54, 1.807) is 6.20 Å². The number of carbonyl (C=O) groups is 2. The van der Waals surface area contributed by atoms with Gasteiger partial charge < -0.3 is 10.2 Å². The van der Waals surface area contributed by atoms with Gasteiger partial charge in [-0.2, -0.15) is 0 Å². The van der Waals surface area contributed by atoms with E-state index in [0.717, 1.165) is 29.9 Å². The minimum atomic E-state index is -0.0607. The van der Waals surface area contributed by atoms with Crippen LogP contribution >= 0.6 is 0 Å². The number of aromatic nitrogens is 1. The first-order valence-corrected chi connectivity index (χ1v) is 11.1. The van der Waals surface area contributed by atoms with Crippen LogP contribution in [0.5, 0.6) is 0 Å². The van der Waals surface area contributed by atoms with Gasteiger partial charge in [0.1, 0.15) is 0 Å². The van der Waals surface area contributed by atoms with Crippen LogP contribution in [0.3, 0.4) is 0 Å². The molecule has 5 nitrogen and oxygen atoms in total. The molecule has 1 aromatic heterocycles. The van der Waals surface area contributed by atoms with Crippen molar-refractivity contribution in [1.82, 2.24) is 15.2 Å². The molecule has 5 fully saturated rings. The number of likely N-dealkylation sites (tertiary alicyclic amines) is 1. The molecule has 4 bridgehead atoms. The maximum absolute atomic E-state index is 13.1. The second kappa shape index (κ2) is 7.16. The molecule has 1 aliphatic heterocycles. The zero-order valence-electron chi connectivity index (χ0n) is 16.6. The number of nitrogens with zero attached hydrogens (tertiary/aromatic N) is 2. The van der Waals surface area contributed by atoms with Gasteiger partial charge in [-0.15, -0.1) is 0 Å². The SMILES string of the molecule is O=C(NC12CC3CC(CC(C3)C1)C2)[C@H]1CCC(=O)N(CCc2ccccn2)C1. The first-order chi connectivity index (χ1) is 13.6. The second-order valence-corrected chi connectivity index (χ2v) is 9.83. The lowest BCUT2D eigenvalue weighted by Gasteiger charge is -2.57. The van der Waals surface area contributed by atoms with Gasteiger partial charge in [0.05, 0.1) is 5.92 Å². The van der Waals surface area contributed by atoms with E-state index in [9.17, 15) is 9.59 Å². The Hall–Kier alpha value is -1.91. The van der Waals surface area contributed by atoms with Crippen molar-refractivity contribution >= 4 is 11.8 Å². The van der Waals surface area contributed by atoms with Crippen molar-refractivity contribution in [3.05, 3.63) is 30.1 Å². The van der Waals surface area contributed by atoms with E-state index < -0.39 is 0 Å². The van der Waals surface area contributed by atoms with Crippen molar-refractivity contribution in [1.29, 1.82) is 0 Å². The van der Waals surface area contributed by atoms with Gasteiger partial charge in [0.2, 0.25) is 11.8 Å². The Kier molecular flexibility index (Phi) is 4.64. The third-order valence-corrected chi connectivity index (χ3v) is 7.66. The Bertz CT molecular complexity index is 712. The molecule has 1 saturated heterocycles. The zero-order valence-corrected chi connectivity index (χ0v) is 16.6. The van der Waals surface area contributed by atoms with Crippen LogP contribution < -0.4 is 5.32 Å². The molecule has 28 heavy (non-hydrogen) atoms. The number of hydrogen-bond acceptors (Lipinski definition) is 3. The van der Waals surface area contributed by atoms with Crippen molar-refractivity contribution in [2.24, 2.45) is 23.7 Å². The Labute approximate surface area is 167 Å². The van der Waals surface area contributed by atoms with E-state index in [-0.39, 0.29) is 23.3 Å². The number of hydrogen-bond donors (Lipinski definition) is 1. The third-order valence-electron chi connectivity index (χ3n) is 7.66. The van der Waals surface area contributed by atoms with E-state index in [4.69, 9.17) is 0 Å². The maximum atomic E-state index is 13.1. The van der Waals surface area contributed by atoms with Gasteiger partial charge in [0, 0.05) is 43.4 Å². The summed E-state index contributed by atoms with van der Waals surface area (Å²) in [5.74, 6) is 2.79. The van der Waals surface area contributed by atoms with Gasteiger partial charge in [-0.25, -0.2) is 0 Å². The number of carbonyl (C=O) groups excluding carboxylic acids is 2. The summed E-state index contributed by atoms with van der Waals surface area (Å²) in [6.45, 7) is 1.21. The molecule has 0 spiro atoms. The van der Waals surface area contributed by atoms with Gasteiger partial charge in [0.25, 0.3) is 0 Å². The molecule has 6 rings (SSSR count). The predicted molar refractivity (Wildman–Crippen MR) is 106 cm³/mol. The molecule has 0 unspecified atom stereocenters. The largest absolute Gasteiger partial charge is 0.350 e. The van der Waals surface area contributed by atoms with Gasteiger partial charge in [-0.1, -0.05) is 6.07 Å². The fourth-order valence-corrected chi connectivity index (χ4v) is 6.77. The topological polar surface area (TPSA) is 62.3 Å². The summed E-state index contributed by atoms with van der Waals surface area (Å²) in [6, 6.07) is 5.87. The summed E-state index contributed by atoms with van der Waals surface area (Å²) in [5.41, 5.74) is 1.06. The third kappa shape index (κ3) is 3.56. The van der Waals surface area contributed by atoms with Crippen LogP contribution in [0.2, 0.25) is 0 Å². The molecule has 2 heterocycles. The molecule has 2 amide bonds. The smallest absolute Gasteiger partial charge is 0.225 e. The standard InChI is InChI=1S/C23H31N3O2/c27-21-5-4-19(15-26(21)8-6-20-3-1-2-7-24-20)22(28)25-23-12-16-9-17(13-23)11-18(10-16)14-23/h1-3,7,16-19H,4-6,8-15H2,(H,25,28)/t16?,17?,18?,19-,23?/m0/s1. The zero-order chi connectivity index (χ0) is 19.1. The van der Waals surface area contributed by atoms with Crippen LogP contribution in [0.1, 0.15) is 57.1 Å². The van der Waals surface area contributed by atoms with Crippen molar-refractivity contribution < 1.29 is 9.59 Å². The number of rotatable bonds is 5. The summed E-state index contributed by atoms with van der Waals surface area (Å²) < 4.78 is 0. The molecule has 4 aliphatic carbocycles. The molecule has 150 valence electrons.